The number of aromatic hydroxyl groups is 1. The molecule has 5 N–H and O–H groups in total. The second-order valence-electron chi connectivity index (χ2n) is 33.6. The van der Waals surface area contributed by atoms with Gasteiger partial charge in [-0.05, 0) is 201 Å². The van der Waals surface area contributed by atoms with Gasteiger partial charge in [0, 0.05) is 85.7 Å². The van der Waals surface area contributed by atoms with Crippen LogP contribution in [0, 0.1) is 28.1 Å². The first-order valence-electron chi connectivity index (χ1n) is 38.3. The van der Waals surface area contributed by atoms with Gasteiger partial charge in [0.1, 0.15) is 34.6 Å². The van der Waals surface area contributed by atoms with Gasteiger partial charge in [-0.15, -0.1) is 20.4 Å². The Hall–Kier alpha value is -8.99. The van der Waals surface area contributed by atoms with Gasteiger partial charge in [-0.2, -0.15) is 10.1 Å². The lowest BCUT2D eigenvalue weighted by molar-refractivity contribution is -0.131. The SMILES string of the molecule is CC(=O)CCCC(=O)Cc1ccc(-c2nnc(CN(C)C(=O)Oc3ccc(C[C@@H](NC(C)(C)C)C(=O)C(C)(C)C)cc3)nn2)cc1.CC(=O)CCCC(=O)Nc1ccc(C2=NN3C(=O)N(C)CC3=C3CCC(O)CCCC23)cc1.CC(C)(C)C[C@H](Cc1ccc(O)cc1)C(=O)C(C)(C)C.OC1CC/C=C/CCC1. The van der Waals surface area contributed by atoms with Crippen LogP contribution in [0.5, 0.6) is 11.5 Å². The van der Waals surface area contributed by atoms with E-state index in [4.69, 9.17) is 9.84 Å². The fourth-order valence-corrected chi connectivity index (χ4v) is 13.2. The number of Topliss-reactive ketones (excluding diaryl/α,β-unsaturated/α-hetero) is 5. The maximum Gasteiger partial charge on any atom is 0.415 e. The minimum absolute atomic E-state index is 0.0274. The van der Waals surface area contributed by atoms with Gasteiger partial charge >= 0.3 is 12.1 Å². The predicted molar refractivity (Wildman–Crippen MR) is 423 cm³/mol. The van der Waals surface area contributed by atoms with Crippen molar-refractivity contribution in [3.8, 4) is 22.9 Å². The number of phenolic OH excluding ortho intramolecular Hbond substituents is 1. The number of aliphatic hydroxyl groups is 2. The molecule has 3 heterocycles. The van der Waals surface area contributed by atoms with E-state index in [0.717, 1.165) is 104 Å². The fourth-order valence-electron chi connectivity index (χ4n) is 13.2. The molecule has 1 saturated heterocycles. The summed E-state index contributed by atoms with van der Waals surface area (Å²) in [5.41, 5.74) is 7.37. The van der Waals surface area contributed by atoms with Gasteiger partial charge in [0.25, 0.3) is 0 Å². The molecule has 0 bridgehead atoms. The van der Waals surface area contributed by atoms with Crippen LogP contribution in [-0.2, 0) is 54.6 Å². The van der Waals surface area contributed by atoms with E-state index in [1.54, 1.807) is 55.4 Å². The second-order valence-corrected chi connectivity index (χ2v) is 33.6. The number of hydrazone groups is 1. The van der Waals surface area contributed by atoms with Gasteiger partial charge in [-0.3, -0.25) is 19.2 Å². The number of carbonyl (C=O) groups excluding carboxylic acids is 8. The van der Waals surface area contributed by atoms with E-state index in [9.17, 15) is 53.7 Å². The molecule has 5 aromatic rings. The number of nitrogens with zero attached hydrogens (tertiary/aromatic N) is 8. The molecule has 4 aliphatic rings. The molecule has 1 aromatic heterocycles. The molecule has 5 atom stereocenters. The van der Waals surface area contributed by atoms with E-state index in [1.165, 1.54) is 29.3 Å². The first kappa shape index (κ1) is 87.9. The maximum absolute atomic E-state index is 13.1. The molecule has 0 spiro atoms. The van der Waals surface area contributed by atoms with Gasteiger partial charge < -0.3 is 50.1 Å². The summed E-state index contributed by atoms with van der Waals surface area (Å²) in [5, 5.41) is 57.9. The van der Waals surface area contributed by atoms with Crippen molar-refractivity contribution in [2.24, 2.45) is 33.2 Å². The molecule has 9 rings (SSSR count). The minimum atomic E-state index is -0.595. The van der Waals surface area contributed by atoms with Crippen LogP contribution in [0.4, 0.5) is 15.3 Å². The third-order valence-corrected chi connectivity index (χ3v) is 18.8. The number of hydrogen-bond acceptors (Lipinski definition) is 18. The third-order valence-electron chi connectivity index (χ3n) is 18.8. The number of ether oxygens (including phenoxy) is 1. The number of amides is 4. The zero-order valence-corrected chi connectivity index (χ0v) is 66.9. The standard InChI is InChI=1S/C35H46N6O5.C25H32N4O4.C18H28O2.C8H14O/c1-23(42)10-9-11-27(43)20-24-12-16-26(17-13-24)32-39-37-30(38-40-32)22-41(8)33(45)46-28-18-14-25(15-19-28)21-29(36-35(5,6)7)31(44)34(2,3)4;1-16(30)5-3-8-23(32)26-18-11-9-17(10-12-18)24-21-7-4-6-19(31)13-14-20(21)22-15-28(2)25(33)29(22)27-24;1-17(2,3)12-14(16(20)18(4,5)6)11-13-7-9-15(19)10-8-13;9-8-6-4-2-1-3-5-7-8/h12-19,29,36H,9-11,20-22H2,1-8H3;9-12,19,21,31H,3-8,13-15H2,1-2H3,(H,26,32);7-10,14,19H,11-12H2,1-6H3;1-2,8-9H,3-7H2/b;;;2-1+/t29-;;14-;/m1.0./s1. The number of hydrogen-bond donors (Lipinski definition) is 5. The number of aliphatic hydroxyl groups excluding tert-OH is 2. The van der Waals surface area contributed by atoms with Crippen molar-refractivity contribution in [2.75, 3.05) is 26.0 Å². The Bertz CT molecular complexity index is 3900. The highest BCUT2D eigenvalue weighted by Crippen LogP contribution is 2.40. The monoisotopic (exact) mass is 1480 g/mol. The highest BCUT2D eigenvalue weighted by Gasteiger charge is 2.41. The topological polar surface area (TPSA) is 304 Å². The summed E-state index contributed by atoms with van der Waals surface area (Å²) in [7, 11) is 3.35. The first-order valence-corrected chi connectivity index (χ1v) is 38.3. The molecule has 22 heteroatoms. The molecule has 1 saturated carbocycles. The number of fused-ring (bicyclic) bond motifs is 2. The third kappa shape index (κ3) is 30.2. The van der Waals surface area contributed by atoms with Crippen LogP contribution in [0.1, 0.15) is 234 Å². The van der Waals surface area contributed by atoms with E-state index in [-0.39, 0.29) is 99.6 Å². The molecule has 0 radical (unpaired) electrons. The molecule has 4 amide bonds. The van der Waals surface area contributed by atoms with E-state index >= 15 is 0 Å². The predicted octanol–water partition coefficient (Wildman–Crippen LogP) is 15.5. The molecular weight excluding hydrogens is 1370 g/mol. The first-order chi connectivity index (χ1) is 50.7. The van der Waals surface area contributed by atoms with Crippen LogP contribution in [-0.4, -0.2) is 148 Å². The van der Waals surface area contributed by atoms with Crippen molar-refractivity contribution in [1.82, 2.24) is 40.5 Å². The second kappa shape index (κ2) is 41.0. The van der Waals surface area contributed by atoms with Crippen molar-refractivity contribution < 1.29 is 58.4 Å². The van der Waals surface area contributed by atoms with Crippen LogP contribution in [0.15, 0.2) is 126 Å². The number of likely N-dealkylation sites (N-methyl/N-ethyl adjacent to an activating group) is 1. The van der Waals surface area contributed by atoms with Gasteiger partial charge in [0.2, 0.25) is 11.7 Å². The minimum Gasteiger partial charge on any atom is -0.508 e. The fraction of sp³-hybridized carbons (Fsp3) is 0.547. The lowest BCUT2D eigenvalue weighted by Gasteiger charge is -2.33. The van der Waals surface area contributed by atoms with Crippen molar-refractivity contribution in [1.29, 1.82) is 0 Å². The quantitative estimate of drug-likeness (QED) is 0.0359. The maximum atomic E-state index is 13.1. The largest absolute Gasteiger partial charge is 0.508 e. The van der Waals surface area contributed by atoms with Crippen LogP contribution in [0.25, 0.3) is 11.4 Å². The molecule has 2 aliphatic heterocycles. The Morgan fingerprint density at radius 3 is 1.78 bits per heavy atom. The molecule has 586 valence electrons. The summed E-state index contributed by atoms with van der Waals surface area (Å²) in [6.07, 6.45) is 17.8. The summed E-state index contributed by atoms with van der Waals surface area (Å²) >= 11 is 0. The number of ketones is 5. The molecule has 4 aromatic carbocycles. The summed E-state index contributed by atoms with van der Waals surface area (Å²) in [5.74, 6) is 1.95. The van der Waals surface area contributed by atoms with Gasteiger partial charge in [-0.25, -0.2) is 9.59 Å². The average Bonchev–Trinajstić information content (AvgIpc) is 1.63. The van der Waals surface area contributed by atoms with Crippen LogP contribution in [0.3, 0.4) is 0 Å². The normalized spacial score (nSPS) is 17.6. The molecule has 108 heavy (non-hydrogen) atoms. The lowest BCUT2D eigenvalue weighted by atomic mass is 9.73. The molecular formula is C86H120N10O12. The zero-order valence-electron chi connectivity index (χ0n) is 66.9. The Morgan fingerprint density at radius 2 is 1.19 bits per heavy atom. The summed E-state index contributed by atoms with van der Waals surface area (Å²) in [6.45, 7) is 28.0. The Kier molecular flexibility index (Phi) is 33.4. The van der Waals surface area contributed by atoms with Crippen molar-refractivity contribution in [3.63, 3.8) is 0 Å². The van der Waals surface area contributed by atoms with Crippen molar-refractivity contribution in [3.05, 3.63) is 149 Å². The zero-order chi connectivity index (χ0) is 79.7. The Morgan fingerprint density at radius 1 is 0.630 bits per heavy atom. The smallest absolute Gasteiger partial charge is 0.415 e. The number of aromatic nitrogens is 4. The average molecular weight is 1490 g/mol. The number of urea groups is 1. The van der Waals surface area contributed by atoms with E-state index in [2.05, 4.69) is 64.0 Å². The summed E-state index contributed by atoms with van der Waals surface area (Å²) < 4.78 is 5.52. The van der Waals surface area contributed by atoms with E-state index in [1.807, 2.05) is 123 Å². The highest BCUT2D eigenvalue weighted by atomic mass is 16.6. The summed E-state index contributed by atoms with van der Waals surface area (Å²) in [6, 6.07) is 28.7. The molecule has 2 fully saturated rings. The Balaban J connectivity index is 0.000000254. The number of phenols is 1. The van der Waals surface area contributed by atoms with Crippen LogP contribution >= 0.6 is 0 Å². The number of rotatable bonds is 24. The number of benzene rings is 4. The highest BCUT2D eigenvalue weighted by molar-refractivity contribution is 6.06. The van der Waals surface area contributed by atoms with Gasteiger partial charge in [0.15, 0.2) is 11.6 Å². The molecule has 2 aliphatic carbocycles. The number of allylic oxidation sites excluding steroid dienone is 3. The number of nitrogens with one attached hydrogen (secondary N) is 2. The van der Waals surface area contributed by atoms with Crippen molar-refractivity contribution >= 4 is 58.3 Å². The van der Waals surface area contributed by atoms with Gasteiger partial charge in [-0.1, -0.05) is 135 Å². The van der Waals surface area contributed by atoms with Crippen molar-refractivity contribution in [2.45, 2.75) is 256 Å². The Labute approximate surface area is 640 Å². The van der Waals surface area contributed by atoms with E-state index in [0.29, 0.717) is 92.9 Å². The van der Waals surface area contributed by atoms with E-state index < -0.39 is 11.5 Å². The van der Waals surface area contributed by atoms with Gasteiger partial charge in [0.05, 0.1) is 42.7 Å². The van der Waals surface area contributed by atoms with Crippen LogP contribution in [0.2, 0.25) is 0 Å². The lowest BCUT2D eigenvalue weighted by Crippen LogP contribution is -2.51. The van der Waals surface area contributed by atoms with Crippen LogP contribution < -0.4 is 15.4 Å². The number of anilines is 1. The number of carbonyl (C=O) groups is 8. The summed E-state index contributed by atoms with van der Waals surface area (Å²) in [4.78, 5) is 101. The molecule has 22 nitrogen and oxygen atoms in total. The molecule has 3 unspecified atom stereocenters.